The number of rotatable bonds is 13. The van der Waals surface area contributed by atoms with Crippen molar-refractivity contribution < 1.29 is 19.0 Å². The molecular formula is C21H31N5O4. The molecule has 0 atom stereocenters. The number of nitrogens with one attached hydrogen (secondary N) is 2. The van der Waals surface area contributed by atoms with E-state index < -0.39 is 0 Å². The van der Waals surface area contributed by atoms with Gasteiger partial charge in [-0.25, -0.2) is 14.7 Å². The van der Waals surface area contributed by atoms with Crippen LogP contribution in [0.1, 0.15) is 19.8 Å². The van der Waals surface area contributed by atoms with Gasteiger partial charge in [0.1, 0.15) is 11.6 Å². The van der Waals surface area contributed by atoms with E-state index in [9.17, 15) is 4.79 Å². The maximum absolute atomic E-state index is 13.0. The van der Waals surface area contributed by atoms with Gasteiger partial charge in [-0.05, 0) is 44.0 Å². The van der Waals surface area contributed by atoms with E-state index in [0.29, 0.717) is 50.4 Å². The van der Waals surface area contributed by atoms with Gasteiger partial charge in [-0.2, -0.15) is 4.98 Å². The number of anilines is 3. The summed E-state index contributed by atoms with van der Waals surface area (Å²) in [7, 11) is 3.30. The summed E-state index contributed by atoms with van der Waals surface area (Å²) < 4.78 is 15.6. The third-order valence-electron chi connectivity index (χ3n) is 4.09. The molecule has 1 heterocycles. The molecule has 0 aliphatic carbocycles. The van der Waals surface area contributed by atoms with Crippen molar-refractivity contribution >= 4 is 23.5 Å². The van der Waals surface area contributed by atoms with Crippen LogP contribution in [0.15, 0.2) is 36.5 Å². The topological polar surface area (TPSA) is 97.8 Å². The molecule has 2 aromatic rings. The third-order valence-corrected chi connectivity index (χ3v) is 4.09. The zero-order valence-electron chi connectivity index (χ0n) is 17.9. The lowest BCUT2D eigenvalue weighted by Crippen LogP contribution is -2.38. The van der Waals surface area contributed by atoms with E-state index in [1.54, 1.807) is 26.5 Å². The number of ether oxygens (including phenoxy) is 3. The summed E-state index contributed by atoms with van der Waals surface area (Å²) in [6, 6.07) is 8.73. The lowest BCUT2D eigenvalue weighted by atomic mass is 10.2. The van der Waals surface area contributed by atoms with Crippen molar-refractivity contribution in [1.29, 1.82) is 0 Å². The average molecular weight is 418 g/mol. The van der Waals surface area contributed by atoms with Crippen LogP contribution in [0, 0.1) is 0 Å². The molecule has 0 bridgehead atoms. The van der Waals surface area contributed by atoms with Crippen molar-refractivity contribution in [2.75, 3.05) is 57.3 Å². The molecule has 0 unspecified atom stereocenters. The second kappa shape index (κ2) is 13.3. The quantitative estimate of drug-likeness (QED) is 0.483. The molecule has 1 aromatic carbocycles. The van der Waals surface area contributed by atoms with Crippen molar-refractivity contribution in [3.8, 4) is 5.75 Å². The lowest BCUT2D eigenvalue weighted by molar-refractivity contribution is 0.194. The normalized spacial score (nSPS) is 10.5. The van der Waals surface area contributed by atoms with E-state index in [1.807, 2.05) is 31.2 Å². The number of hydrogen-bond donors (Lipinski definition) is 2. The number of nitrogens with zero attached hydrogens (tertiary/aromatic N) is 3. The van der Waals surface area contributed by atoms with Gasteiger partial charge in [0.15, 0.2) is 0 Å². The Morgan fingerprint density at radius 3 is 2.40 bits per heavy atom. The number of carbonyl (C=O) groups is 1. The molecule has 0 radical (unpaired) electrons. The van der Waals surface area contributed by atoms with Gasteiger partial charge in [0.25, 0.3) is 0 Å². The third kappa shape index (κ3) is 7.49. The second-order valence-corrected chi connectivity index (χ2v) is 6.35. The molecule has 0 aliphatic rings. The van der Waals surface area contributed by atoms with Crippen LogP contribution in [0.4, 0.5) is 22.2 Å². The Balaban J connectivity index is 2.20. The Kier molecular flexibility index (Phi) is 10.4. The van der Waals surface area contributed by atoms with Crippen molar-refractivity contribution in [2.45, 2.75) is 19.8 Å². The predicted molar refractivity (Wildman–Crippen MR) is 117 cm³/mol. The minimum Gasteiger partial charge on any atom is -0.494 e. The summed E-state index contributed by atoms with van der Waals surface area (Å²) >= 11 is 0. The number of aromatic nitrogens is 2. The van der Waals surface area contributed by atoms with Gasteiger partial charge in [0.2, 0.25) is 5.95 Å². The number of benzene rings is 1. The number of carbonyl (C=O) groups excluding carboxylic acids is 1. The first-order valence-electron chi connectivity index (χ1n) is 10.0. The minimum absolute atomic E-state index is 0.278. The highest BCUT2D eigenvalue weighted by Crippen LogP contribution is 2.26. The molecule has 1 aromatic heterocycles. The van der Waals surface area contributed by atoms with Crippen LogP contribution in [0.3, 0.4) is 0 Å². The average Bonchev–Trinajstić information content (AvgIpc) is 2.76. The van der Waals surface area contributed by atoms with E-state index in [0.717, 1.165) is 18.6 Å². The van der Waals surface area contributed by atoms with Crippen LogP contribution in [-0.4, -0.2) is 63.1 Å². The first-order chi connectivity index (χ1) is 14.7. The fourth-order valence-corrected chi connectivity index (χ4v) is 2.68. The Morgan fingerprint density at radius 1 is 1.03 bits per heavy atom. The van der Waals surface area contributed by atoms with Crippen molar-refractivity contribution in [2.24, 2.45) is 0 Å². The highest BCUT2D eigenvalue weighted by atomic mass is 16.5. The predicted octanol–water partition coefficient (Wildman–Crippen LogP) is 3.21. The second-order valence-electron chi connectivity index (χ2n) is 6.35. The molecule has 9 heteroatoms. The zero-order valence-corrected chi connectivity index (χ0v) is 17.9. The van der Waals surface area contributed by atoms with Gasteiger partial charge in [-0.15, -0.1) is 0 Å². The molecule has 0 saturated carbocycles. The van der Waals surface area contributed by atoms with E-state index in [4.69, 9.17) is 14.2 Å². The fourth-order valence-electron chi connectivity index (χ4n) is 2.68. The maximum Gasteiger partial charge on any atom is 0.327 e. The zero-order chi connectivity index (χ0) is 21.6. The van der Waals surface area contributed by atoms with Gasteiger partial charge in [0, 0.05) is 52.8 Å². The Morgan fingerprint density at radius 2 is 1.73 bits per heavy atom. The number of amides is 2. The maximum atomic E-state index is 13.0. The monoisotopic (exact) mass is 417 g/mol. The van der Waals surface area contributed by atoms with Crippen molar-refractivity contribution in [1.82, 2.24) is 15.3 Å². The Hall–Kier alpha value is -2.91. The van der Waals surface area contributed by atoms with Crippen LogP contribution in [-0.2, 0) is 9.47 Å². The first-order valence-corrected chi connectivity index (χ1v) is 10.0. The molecule has 0 fully saturated rings. The summed E-state index contributed by atoms with van der Waals surface area (Å²) in [6.45, 7) is 4.89. The summed E-state index contributed by atoms with van der Waals surface area (Å²) in [6.07, 6.45) is 3.17. The molecule has 2 rings (SSSR count). The van der Waals surface area contributed by atoms with Gasteiger partial charge >= 0.3 is 6.03 Å². The van der Waals surface area contributed by atoms with Gasteiger partial charge in [0.05, 0.1) is 12.3 Å². The number of urea groups is 1. The van der Waals surface area contributed by atoms with Crippen LogP contribution in [0.2, 0.25) is 0 Å². The molecule has 9 nitrogen and oxygen atoms in total. The summed E-state index contributed by atoms with van der Waals surface area (Å²) in [5.74, 6) is 1.66. The largest absolute Gasteiger partial charge is 0.494 e. The van der Waals surface area contributed by atoms with E-state index in [-0.39, 0.29) is 6.03 Å². The molecule has 164 valence electrons. The molecule has 2 amide bonds. The molecule has 0 saturated heterocycles. The van der Waals surface area contributed by atoms with Crippen LogP contribution in [0.5, 0.6) is 5.75 Å². The fraction of sp³-hybridized carbons (Fsp3) is 0.476. The summed E-state index contributed by atoms with van der Waals surface area (Å²) in [4.78, 5) is 23.2. The summed E-state index contributed by atoms with van der Waals surface area (Å²) in [5.41, 5.74) is 0.673. The highest BCUT2D eigenvalue weighted by Gasteiger charge is 2.20. The van der Waals surface area contributed by atoms with Gasteiger partial charge in [-0.3, -0.25) is 0 Å². The Bertz CT molecular complexity index is 757. The molecule has 0 aliphatic heterocycles. The van der Waals surface area contributed by atoms with E-state index in [2.05, 4.69) is 20.6 Å². The SMILES string of the molecule is CCOc1ccc(N(C(=O)NCCCOC)c2ccnc(NCCCOC)n2)cc1. The van der Waals surface area contributed by atoms with Crippen molar-refractivity contribution in [3.63, 3.8) is 0 Å². The number of hydrogen-bond acceptors (Lipinski definition) is 7. The number of methoxy groups -OCH3 is 2. The van der Waals surface area contributed by atoms with E-state index >= 15 is 0 Å². The summed E-state index contributed by atoms with van der Waals surface area (Å²) in [5, 5.41) is 6.07. The smallest absolute Gasteiger partial charge is 0.327 e. The van der Waals surface area contributed by atoms with E-state index in [1.165, 1.54) is 4.90 Å². The Labute approximate surface area is 177 Å². The minimum atomic E-state index is -0.278. The van der Waals surface area contributed by atoms with Gasteiger partial charge in [-0.1, -0.05) is 0 Å². The first kappa shape index (κ1) is 23.4. The lowest BCUT2D eigenvalue weighted by Gasteiger charge is -2.23. The van der Waals surface area contributed by atoms with Gasteiger partial charge < -0.3 is 24.8 Å². The van der Waals surface area contributed by atoms with Crippen LogP contribution >= 0.6 is 0 Å². The van der Waals surface area contributed by atoms with Crippen molar-refractivity contribution in [3.05, 3.63) is 36.5 Å². The van der Waals surface area contributed by atoms with Crippen LogP contribution in [0.25, 0.3) is 0 Å². The van der Waals surface area contributed by atoms with Crippen LogP contribution < -0.4 is 20.3 Å². The highest BCUT2D eigenvalue weighted by molar-refractivity contribution is 5.98. The molecule has 2 N–H and O–H groups in total. The molecule has 30 heavy (non-hydrogen) atoms. The standard InChI is InChI=1S/C21H31N5O4/c1-4-30-18-9-7-17(8-10-18)26(21(27)24-13-6-16-29-3)19-11-14-23-20(25-19)22-12-5-15-28-2/h7-11,14H,4-6,12-13,15-16H2,1-3H3,(H,24,27)(H,22,23,25). The molecular weight excluding hydrogens is 386 g/mol. The molecule has 0 spiro atoms.